The van der Waals surface area contributed by atoms with Gasteiger partial charge in [0.05, 0.1) is 10.9 Å². The molecule has 2 rings (SSSR count). The molecular weight excluding hydrogens is 314 g/mol. The lowest BCUT2D eigenvalue weighted by Gasteiger charge is -2.34. The fourth-order valence-corrected chi connectivity index (χ4v) is 3.09. The van der Waals surface area contributed by atoms with Crippen LogP contribution in [-0.2, 0) is 4.79 Å². The summed E-state index contributed by atoms with van der Waals surface area (Å²) in [6.45, 7) is 8.89. The minimum atomic E-state index is 0.123. The summed E-state index contributed by atoms with van der Waals surface area (Å²) in [6.07, 6.45) is 3.64. The number of piperidine rings is 1. The van der Waals surface area contributed by atoms with Gasteiger partial charge < -0.3 is 9.64 Å². The van der Waals surface area contributed by atoms with Gasteiger partial charge in [-0.3, -0.25) is 9.69 Å². The molecule has 2 heterocycles. The number of carbonyl (C=O) groups is 1. The van der Waals surface area contributed by atoms with E-state index in [0.29, 0.717) is 23.4 Å². The first-order chi connectivity index (χ1) is 11.1. The Hall–Kier alpha value is -1.33. The average molecular weight is 340 g/mol. The summed E-state index contributed by atoms with van der Waals surface area (Å²) in [5, 5.41) is 0.603. The van der Waals surface area contributed by atoms with E-state index in [-0.39, 0.29) is 5.92 Å². The number of aromatic nitrogens is 1. The summed E-state index contributed by atoms with van der Waals surface area (Å²) >= 11 is 5.80. The van der Waals surface area contributed by atoms with Crippen LogP contribution < -0.4 is 4.74 Å². The SMILES string of the molecule is CCN(CC)C(=O)C1CCCN(CCOc2ccc(Cl)cn2)C1. The average Bonchev–Trinajstić information content (AvgIpc) is 2.58. The van der Waals surface area contributed by atoms with E-state index in [1.165, 1.54) is 0 Å². The normalized spacial score (nSPS) is 18.7. The topological polar surface area (TPSA) is 45.7 Å². The highest BCUT2D eigenvalue weighted by atomic mass is 35.5. The minimum Gasteiger partial charge on any atom is -0.476 e. The largest absolute Gasteiger partial charge is 0.476 e. The number of hydrogen-bond acceptors (Lipinski definition) is 4. The van der Waals surface area contributed by atoms with Crippen LogP contribution >= 0.6 is 11.6 Å². The molecule has 0 aliphatic carbocycles. The molecule has 5 nitrogen and oxygen atoms in total. The maximum atomic E-state index is 12.5. The molecule has 23 heavy (non-hydrogen) atoms. The van der Waals surface area contributed by atoms with Gasteiger partial charge in [-0.25, -0.2) is 4.98 Å². The van der Waals surface area contributed by atoms with Crippen molar-refractivity contribution in [3.63, 3.8) is 0 Å². The van der Waals surface area contributed by atoms with Crippen LogP contribution in [0.25, 0.3) is 0 Å². The molecule has 0 saturated carbocycles. The first-order valence-electron chi connectivity index (χ1n) is 8.39. The Morgan fingerprint density at radius 2 is 2.22 bits per heavy atom. The number of rotatable bonds is 7. The predicted octanol–water partition coefficient (Wildman–Crippen LogP) is 2.69. The van der Waals surface area contributed by atoms with Crippen molar-refractivity contribution >= 4 is 17.5 Å². The van der Waals surface area contributed by atoms with Crippen LogP contribution in [-0.4, -0.2) is 60.0 Å². The molecule has 6 heteroatoms. The van der Waals surface area contributed by atoms with Crippen LogP contribution in [0.5, 0.6) is 5.88 Å². The zero-order valence-electron chi connectivity index (χ0n) is 14.0. The van der Waals surface area contributed by atoms with Gasteiger partial charge in [-0.05, 0) is 39.3 Å². The van der Waals surface area contributed by atoms with Crippen molar-refractivity contribution in [2.45, 2.75) is 26.7 Å². The number of halogens is 1. The maximum Gasteiger partial charge on any atom is 0.226 e. The molecule has 0 aromatic carbocycles. The van der Waals surface area contributed by atoms with Gasteiger partial charge in [0, 0.05) is 38.4 Å². The van der Waals surface area contributed by atoms with Gasteiger partial charge in [0.15, 0.2) is 0 Å². The molecule has 1 aromatic heterocycles. The van der Waals surface area contributed by atoms with E-state index in [1.807, 2.05) is 18.7 Å². The highest BCUT2D eigenvalue weighted by Gasteiger charge is 2.28. The molecule has 0 radical (unpaired) electrons. The zero-order chi connectivity index (χ0) is 16.7. The third-order valence-corrected chi connectivity index (χ3v) is 4.51. The Bertz CT molecular complexity index is 491. The number of ether oxygens (including phenoxy) is 1. The molecule has 128 valence electrons. The monoisotopic (exact) mass is 339 g/mol. The zero-order valence-corrected chi connectivity index (χ0v) is 14.8. The molecule has 1 atom stereocenters. The smallest absolute Gasteiger partial charge is 0.226 e. The Kier molecular flexibility index (Phi) is 7.12. The van der Waals surface area contributed by atoms with E-state index >= 15 is 0 Å². The van der Waals surface area contributed by atoms with Gasteiger partial charge in [-0.1, -0.05) is 11.6 Å². The van der Waals surface area contributed by atoms with Crippen molar-refractivity contribution in [1.82, 2.24) is 14.8 Å². The molecular formula is C17H26ClN3O2. The predicted molar refractivity (Wildman–Crippen MR) is 91.8 cm³/mol. The summed E-state index contributed by atoms with van der Waals surface area (Å²) < 4.78 is 5.64. The second-order valence-electron chi connectivity index (χ2n) is 5.81. The molecule has 0 N–H and O–H groups in total. The summed E-state index contributed by atoms with van der Waals surface area (Å²) in [4.78, 5) is 20.8. The van der Waals surface area contributed by atoms with Crippen molar-refractivity contribution in [2.24, 2.45) is 5.92 Å². The van der Waals surface area contributed by atoms with Crippen LogP contribution in [0.2, 0.25) is 5.02 Å². The van der Waals surface area contributed by atoms with Gasteiger partial charge in [0.1, 0.15) is 6.61 Å². The standard InChI is InChI=1S/C17H26ClN3O2/c1-3-21(4-2)17(22)14-6-5-9-20(13-14)10-11-23-16-8-7-15(18)12-19-16/h7-8,12,14H,3-6,9-11,13H2,1-2H3. The number of carbonyl (C=O) groups excluding carboxylic acids is 1. The molecule has 1 amide bonds. The van der Waals surface area contributed by atoms with Gasteiger partial charge in [0.25, 0.3) is 0 Å². The summed E-state index contributed by atoms with van der Waals surface area (Å²) in [7, 11) is 0. The van der Waals surface area contributed by atoms with Gasteiger partial charge >= 0.3 is 0 Å². The number of pyridine rings is 1. The molecule has 0 bridgehead atoms. The van der Waals surface area contributed by atoms with E-state index in [0.717, 1.165) is 45.6 Å². The van der Waals surface area contributed by atoms with Crippen molar-refractivity contribution in [3.05, 3.63) is 23.4 Å². The quantitative estimate of drug-likeness (QED) is 0.766. The second kappa shape index (κ2) is 9.08. The van der Waals surface area contributed by atoms with Gasteiger partial charge in [-0.15, -0.1) is 0 Å². The molecule has 1 aliphatic rings. The Balaban J connectivity index is 1.77. The van der Waals surface area contributed by atoms with Crippen molar-refractivity contribution in [3.8, 4) is 5.88 Å². The first kappa shape index (κ1) is 18.0. The molecule has 1 saturated heterocycles. The van der Waals surface area contributed by atoms with Crippen molar-refractivity contribution in [2.75, 3.05) is 39.3 Å². The van der Waals surface area contributed by atoms with E-state index in [1.54, 1.807) is 18.3 Å². The lowest BCUT2D eigenvalue weighted by atomic mass is 9.96. The lowest BCUT2D eigenvalue weighted by Crippen LogP contribution is -2.45. The number of likely N-dealkylation sites (tertiary alicyclic amines) is 1. The summed E-state index contributed by atoms with van der Waals surface area (Å²) in [6, 6.07) is 3.54. The highest BCUT2D eigenvalue weighted by Crippen LogP contribution is 2.19. The fourth-order valence-electron chi connectivity index (χ4n) is 2.98. The number of nitrogens with zero attached hydrogens (tertiary/aromatic N) is 3. The second-order valence-corrected chi connectivity index (χ2v) is 6.25. The van der Waals surface area contributed by atoms with Crippen LogP contribution in [0, 0.1) is 5.92 Å². The van der Waals surface area contributed by atoms with E-state index in [4.69, 9.17) is 16.3 Å². The third-order valence-electron chi connectivity index (χ3n) is 4.29. The van der Waals surface area contributed by atoms with Gasteiger partial charge in [0.2, 0.25) is 11.8 Å². The van der Waals surface area contributed by atoms with Crippen LogP contribution in [0.3, 0.4) is 0 Å². The molecule has 1 aromatic rings. The highest BCUT2D eigenvalue weighted by molar-refractivity contribution is 6.30. The van der Waals surface area contributed by atoms with Crippen LogP contribution in [0.4, 0.5) is 0 Å². The van der Waals surface area contributed by atoms with E-state index < -0.39 is 0 Å². The maximum absolute atomic E-state index is 12.5. The Labute approximate surface area is 143 Å². The fraction of sp³-hybridized carbons (Fsp3) is 0.647. The summed E-state index contributed by atoms with van der Waals surface area (Å²) in [5.41, 5.74) is 0. The van der Waals surface area contributed by atoms with Crippen LogP contribution in [0.1, 0.15) is 26.7 Å². The first-order valence-corrected chi connectivity index (χ1v) is 8.77. The molecule has 1 unspecified atom stereocenters. The lowest BCUT2D eigenvalue weighted by molar-refractivity contribution is -0.137. The van der Waals surface area contributed by atoms with E-state index in [2.05, 4.69) is 9.88 Å². The number of amides is 1. The van der Waals surface area contributed by atoms with Crippen molar-refractivity contribution in [1.29, 1.82) is 0 Å². The summed E-state index contributed by atoms with van der Waals surface area (Å²) in [5.74, 6) is 1.000. The minimum absolute atomic E-state index is 0.123. The van der Waals surface area contributed by atoms with Crippen molar-refractivity contribution < 1.29 is 9.53 Å². The molecule has 1 fully saturated rings. The molecule has 0 spiro atoms. The number of hydrogen-bond donors (Lipinski definition) is 0. The molecule has 1 aliphatic heterocycles. The van der Waals surface area contributed by atoms with Gasteiger partial charge in [-0.2, -0.15) is 0 Å². The van der Waals surface area contributed by atoms with Crippen LogP contribution in [0.15, 0.2) is 18.3 Å². The Morgan fingerprint density at radius 1 is 1.43 bits per heavy atom. The van der Waals surface area contributed by atoms with E-state index in [9.17, 15) is 4.79 Å². The third kappa shape index (κ3) is 5.36. The Morgan fingerprint density at radius 3 is 2.87 bits per heavy atom.